The zero-order chi connectivity index (χ0) is 15.8. The minimum absolute atomic E-state index is 0.290. The Kier molecular flexibility index (Phi) is 3.89. The van der Waals surface area contributed by atoms with Crippen molar-refractivity contribution >= 4 is 5.91 Å². The van der Waals surface area contributed by atoms with E-state index in [1.807, 2.05) is 23.1 Å². The summed E-state index contributed by atoms with van der Waals surface area (Å²) in [5.41, 5.74) is 1.12. The number of likely N-dealkylation sites (tertiary alicyclic amines) is 2. The third-order valence-electron chi connectivity index (χ3n) is 5.46. The van der Waals surface area contributed by atoms with E-state index in [0.717, 1.165) is 49.5 Å². The lowest BCUT2D eigenvalue weighted by atomic mass is 9.82. The van der Waals surface area contributed by atoms with Crippen LogP contribution in [0.2, 0.25) is 0 Å². The lowest BCUT2D eigenvalue weighted by Gasteiger charge is -2.35. The molecular weight excluding hydrogens is 292 g/mol. The van der Waals surface area contributed by atoms with Gasteiger partial charge in [-0.1, -0.05) is 6.07 Å². The number of amides is 1. The van der Waals surface area contributed by atoms with Gasteiger partial charge in [-0.3, -0.25) is 4.79 Å². The number of rotatable bonds is 2. The van der Waals surface area contributed by atoms with E-state index in [0.29, 0.717) is 30.7 Å². The van der Waals surface area contributed by atoms with Gasteiger partial charge in [-0.05, 0) is 56.0 Å². The first kappa shape index (κ1) is 14.8. The van der Waals surface area contributed by atoms with Crippen LogP contribution in [0.1, 0.15) is 24.8 Å². The quantitative estimate of drug-likeness (QED) is 0.838. The van der Waals surface area contributed by atoms with Gasteiger partial charge in [-0.15, -0.1) is 0 Å². The molecule has 1 aromatic carbocycles. The molecule has 3 heterocycles. The fraction of sp³-hybridized carbons (Fsp3) is 0.611. The summed E-state index contributed by atoms with van der Waals surface area (Å²) >= 11 is 0. The second-order valence-corrected chi connectivity index (χ2v) is 7.07. The van der Waals surface area contributed by atoms with Gasteiger partial charge in [0.05, 0.1) is 0 Å². The molecule has 0 aromatic heterocycles. The summed E-state index contributed by atoms with van der Waals surface area (Å²) in [5, 5.41) is 0. The zero-order valence-corrected chi connectivity index (χ0v) is 13.7. The summed E-state index contributed by atoms with van der Waals surface area (Å²) < 4.78 is 10.8. The van der Waals surface area contributed by atoms with Crippen LogP contribution in [-0.2, 0) is 11.3 Å². The fourth-order valence-corrected chi connectivity index (χ4v) is 4.08. The van der Waals surface area contributed by atoms with Crippen molar-refractivity contribution in [1.82, 2.24) is 9.80 Å². The van der Waals surface area contributed by atoms with E-state index < -0.39 is 0 Å². The molecule has 0 unspecified atom stereocenters. The second kappa shape index (κ2) is 6.04. The fourth-order valence-electron chi connectivity index (χ4n) is 4.08. The summed E-state index contributed by atoms with van der Waals surface area (Å²) in [7, 11) is 2.19. The lowest BCUT2D eigenvalue weighted by Crippen LogP contribution is -2.38. The number of hydrogen-bond acceptors (Lipinski definition) is 4. The maximum Gasteiger partial charge on any atom is 0.231 e. The molecule has 4 rings (SSSR count). The Hall–Kier alpha value is -1.75. The molecule has 1 aromatic rings. The average molecular weight is 316 g/mol. The molecular formula is C18H24N2O3. The monoisotopic (exact) mass is 316 g/mol. The number of nitrogens with zero attached hydrogens (tertiary/aromatic N) is 2. The molecule has 0 N–H and O–H groups in total. The van der Waals surface area contributed by atoms with Crippen LogP contribution in [0.3, 0.4) is 0 Å². The number of hydrogen-bond donors (Lipinski definition) is 0. The van der Waals surface area contributed by atoms with E-state index in [-0.39, 0.29) is 6.79 Å². The highest BCUT2D eigenvalue weighted by molar-refractivity contribution is 5.76. The highest BCUT2D eigenvalue weighted by Crippen LogP contribution is 2.34. The average Bonchev–Trinajstić information content (AvgIpc) is 2.95. The Morgan fingerprint density at radius 1 is 1.13 bits per heavy atom. The van der Waals surface area contributed by atoms with E-state index >= 15 is 0 Å². The van der Waals surface area contributed by atoms with Crippen molar-refractivity contribution in [3.63, 3.8) is 0 Å². The smallest absolute Gasteiger partial charge is 0.231 e. The van der Waals surface area contributed by atoms with Crippen molar-refractivity contribution in [2.24, 2.45) is 11.8 Å². The summed E-state index contributed by atoms with van der Waals surface area (Å²) in [6, 6.07) is 5.97. The number of ether oxygens (including phenoxy) is 2. The Morgan fingerprint density at radius 3 is 2.87 bits per heavy atom. The molecule has 5 nitrogen and oxygen atoms in total. The largest absolute Gasteiger partial charge is 0.454 e. The minimum Gasteiger partial charge on any atom is -0.454 e. The minimum atomic E-state index is 0.290. The van der Waals surface area contributed by atoms with Gasteiger partial charge in [0.25, 0.3) is 0 Å². The zero-order valence-electron chi connectivity index (χ0n) is 13.7. The van der Waals surface area contributed by atoms with Crippen molar-refractivity contribution in [3.8, 4) is 11.5 Å². The molecule has 1 amide bonds. The van der Waals surface area contributed by atoms with E-state index in [4.69, 9.17) is 9.47 Å². The van der Waals surface area contributed by atoms with Crippen LogP contribution in [0.5, 0.6) is 11.5 Å². The van der Waals surface area contributed by atoms with Crippen molar-refractivity contribution in [2.45, 2.75) is 25.8 Å². The van der Waals surface area contributed by atoms with Gasteiger partial charge >= 0.3 is 0 Å². The molecule has 0 saturated carbocycles. The number of carbonyl (C=O) groups excluding carboxylic acids is 1. The maximum absolute atomic E-state index is 12.6. The van der Waals surface area contributed by atoms with Crippen LogP contribution >= 0.6 is 0 Å². The number of fused-ring (bicyclic) bond motifs is 2. The Labute approximate surface area is 137 Å². The first-order valence-electron chi connectivity index (χ1n) is 8.54. The van der Waals surface area contributed by atoms with Gasteiger partial charge < -0.3 is 19.3 Å². The molecule has 2 saturated heterocycles. The van der Waals surface area contributed by atoms with Crippen molar-refractivity contribution < 1.29 is 14.3 Å². The number of piperidine rings is 1. The topological polar surface area (TPSA) is 42.0 Å². The molecule has 3 aliphatic rings. The summed E-state index contributed by atoms with van der Waals surface area (Å²) in [5.74, 6) is 3.13. The molecule has 0 radical (unpaired) electrons. The molecule has 0 bridgehead atoms. The summed E-state index contributed by atoms with van der Waals surface area (Å²) in [6.07, 6.45) is 2.99. The first-order valence-corrected chi connectivity index (χ1v) is 8.54. The molecule has 0 spiro atoms. The predicted molar refractivity (Wildman–Crippen MR) is 86.3 cm³/mol. The van der Waals surface area contributed by atoms with Crippen LogP contribution in [0.15, 0.2) is 18.2 Å². The third-order valence-corrected chi connectivity index (χ3v) is 5.46. The maximum atomic E-state index is 12.6. The normalized spacial score (nSPS) is 27.7. The highest BCUT2D eigenvalue weighted by Gasteiger charge is 2.34. The predicted octanol–water partition coefficient (Wildman–Crippen LogP) is 2.11. The van der Waals surface area contributed by atoms with Gasteiger partial charge in [0.1, 0.15) is 0 Å². The second-order valence-electron chi connectivity index (χ2n) is 7.07. The summed E-state index contributed by atoms with van der Waals surface area (Å²) in [4.78, 5) is 17.1. The first-order chi connectivity index (χ1) is 11.2. The Bertz CT molecular complexity index is 604. The lowest BCUT2D eigenvalue weighted by molar-refractivity contribution is -0.132. The van der Waals surface area contributed by atoms with Gasteiger partial charge in [0.15, 0.2) is 11.5 Å². The molecule has 23 heavy (non-hydrogen) atoms. The van der Waals surface area contributed by atoms with Gasteiger partial charge in [0, 0.05) is 26.1 Å². The number of carbonyl (C=O) groups is 1. The van der Waals surface area contributed by atoms with E-state index in [1.54, 1.807) is 0 Å². The van der Waals surface area contributed by atoms with E-state index in [2.05, 4.69) is 11.9 Å². The Balaban J connectivity index is 1.45. The molecule has 5 heteroatoms. The molecule has 124 valence electrons. The molecule has 3 aliphatic heterocycles. The highest BCUT2D eigenvalue weighted by atomic mass is 16.7. The van der Waals surface area contributed by atoms with Crippen LogP contribution in [0.4, 0.5) is 0 Å². The third kappa shape index (κ3) is 3.02. The SMILES string of the molecule is CN1CC[C@@H]2CC(=O)N(Cc3ccc4c(c3)OCO4)CC[C@H]2C1. The van der Waals surface area contributed by atoms with E-state index in [9.17, 15) is 4.79 Å². The van der Waals surface area contributed by atoms with Crippen molar-refractivity contribution in [2.75, 3.05) is 33.5 Å². The van der Waals surface area contributed by atoms with Crippen LogP contribution in [0.25, 0.3) is 0 Å². The van der Waals surface area contributed by atoms with Crippen LogP contribution in [-0.4, -0.2) is 49.2 Å². The Morgan fingerprint density at radius 2 is 1.96 bits per heavy atom. The van der Waals surface area contributed by atoms with Gasteiger partial charge in [-0.2, -0.15) is 0 Å². The molecule has 2 fully saturated rings. The van der Waals surface area contributed by atoms with Crippen LogP contribution < -0.4 is 9.47 Å². The van der Waals surface area contributed by atoms with Crippen molar-refractivity contribution in [3.05, 3.63) is 23.8 Å². The molecule has 2 atom stereocenters. The van der Waals surface area contributed by atoms with Gasteiger partial charge in [0.2, 0.25) is 12.7 Å². The molecule has 0 aliphatic carbocycles. The summed E-state index contributed by atoms with van der Waals surface area (Å²) in [6.45, 7) is 4.08. The number of benzene rings is 1. The van der Waals surface area contributed by atoms with Gasteiger partial charge in [-0.25, -0.2) is 0 Å². The standard InChI is InChI=1S/C18H24N2O3/c1-19-6-4-14-9-18(21)20(7-5-15(14)11-19)10-13-2-3-16-17(8-13)23-12-22-16/h2-3,8,14-15H,4-7,9-12H2,1H3/t14-,15+/m1/s1. The van der Waals surface area contributed by atoms with Crippen molar-refractivity contribution in [1.29, 1.82) is 0 Å². The van der Waals surface area contributed by atoms with E-state index in [1.165, 1.54) is 0 Å². The van der Waals surface area contributed by atoms with Crippen LogP contribution in [0, 0.1) is 11.8 Å².